The van der Waals surface area contributed by atoms with Gasteiger partial charge in [-0.25, -0.2) is 17.8 Å². The largest absolute Gasteiger partial charge is 0.455 e. The van der Waals surface area contributed by atoms with Crippen molar-refractivity contribution in [2.75, 3.05) is 17.5 Å². The first-order valence-electron chi connectivity index (χ1n) is 12.9. The maximum atomic E-state index is 13.7. The van der Waals surface area contributed by atoms with Crippen LogP contribution in [0.5, 0.6) is 0 Å². The molecule has 11 heteroatoms. The molecule has 1 amide bonds. The molecule has 0 saturated heterocycles. The second kappa shape index (κ2) is 10.7. The summed E-state index contributed by atoms with van der Waals surface area (Å²) in [6.07, 6.45) is 1.66. The molecule has 2 N–H and O–H groups in total. The molecule has 0 aliphatic rings. The topological polar surface area (TPSA) is 114 Å². The lowest BCUT2D eigenvalue weighted by Crippen LogP contribution is -2.18. The van der Waals surface area contributed by atoms with Gasteiger partial charge in [-0.05, 0) is 76.9 Å². The maximum Gasteiger partial charge on any atom is 0.255 e. The molecule has 0 aliphatic carbocycles. The number of hydrogen-bond acceptors (Lipinski definition) is 6. The SMILES string of the molecule is CCS(=O)(=O)Nc1cc2oc(-c3ccc(F)cc3)c(C(=O)NC)c2cc1-c1cccc(-c2cc3cc(Br)cnc3o2)c1. The van der Waals surface area contributed by atoms with Crippen LogP contribution in [0.2, 0.25) is 0 Å². The summed E-state index contributed by atoms with van der Waals surface area (Å²) in [5, 5.41) is 3.93. The first-order valence-corrected chi connectivity index (χ1v) is 15.3. The fourth-order valence-electron chi connectivity index (χ4n) is 4.75. The summed E-state index contributed by atoms with van der Waals surface area (Å²) in [5.41, 5.74) is 3.73. The number of benzene rings is 3. The number of carbonyl (C=O) groups is 1. The van der Waals surface area contributed by atoms with E-state index in [1.54, 1.807) is 25.3 Å². The molecule has 0 unspecified atom stereocenters. The number of anilines is 1. The van der Waals surface area contributed by atoms with Gasteiger partial charge in [0.05, 0.1) is 17.0 Å². The van der Waals surface area contributed by atoms with Gasteiger partial charge in [-0.1, -0.05) is 18.2 Å². The zero-order valence-corrected chi connectivity index (χ0v) is 24.8. The summed E-state index contributed by atoms with van der Waals surface area (Å²) in [6, 6.07) is 20.1. The summed E-state index contributed by atoms with van der Waals surface area (Å²) in [7, 11) is -2.18. The number of halogens is 2. The number of sulfonamides is 1. The molecule has 6 rings (SSSR count). The van der Waals surface area contributed by atoms with Crippen molar-refractivity contribution >= 4 is 59.6 Å². The van der Waals surface area contributed by atoms with E-state index in [4.69, 9.17) is 8.83 Å². The quantitative estimate of drug-likeness (QED) is 0.184. The maximum absolute atomic E-state index is 13.7. The Balaban J connectivity index is 1.57. The van der Waals surface area contributed by atoms with Crippen molar-refractivity contribution in [2.24, 2.45) is 0 Å². The molecular weight excluding hydrogens is 625 g/mol. The number of nitrogens with zero attached hydrogens (tertiary/aromatic N) is 1. The van der Waals surface area contributed by atoms with Gasteiger partial charge in [0.15, 0.2) is 0 Å². The first-order chi connectivity index (χ1) is 20.2. The van der Waals surface area contributed by atoms with Crippen LogP contribution in [-0.4, -0.2) is 32.1 Å². The highest BCUT2D eigenvalue weighted by molar-refractivity contribution is 9.10. The highest BCUT2D eigenvalue weighted by Gasteiger charge is 2.24. The molecule has 3 heterocycles. The number of aromatic nitrogens is 1. The van der Waals surface area contributed by atoms with E-state index in [-0.39, 0.29) is 28.3 Å². The number of amides is 1. The molecule has 3 aromatic carbocycles. The van der Waals surface area contributed by atoms with Gasteiger partial charge in [0.25, 0.3) is 5.91 Å². The predicted octanol–water partition coefficient (Wildman–Crippen LogP) is 7.60. The van der Waals surface area contributed by atoms with Crippen LogP contribution in [0.25, 0.3) is 55.8 Å². The van der Waals surface area contributed by atoms with Crippen molar-refractivity contribution in [1.29, 1.82) is 0 Å². The lowest BCUT2D eigenvalue weighted by atomic mass is 9.97. The van der Waals surface area contributed by atoms with E-state index in [9.17, 15) is 17.6 Å². The first kappa shape index (κ1) is 27.7. The van der Waals surface area contributed by atoms with Crippen LogP contribution in [-0.2, 0) is 10.0 Å². The molecule has 0 saturated carbocycles. The number of fused-ring (bicyclic) bond motifs is 2. The molecule has 0 atom stereocenters. The Morgan fingerprint density at radius 1 is 0.976 bits per heavy atom. The van der Waals surface area contributed by atoms with Crippen molar-refractivity contribution < 1.29 is 26.4 Å². The van der Waals surface area contributed by atoms with E-state index in [2.05, 4.69) is 31.0 Å². The second-order valence-corrected chi connectivity index (χ2v) is 12.5. The monoisotopic (exact) mass is 647 g/mol. The van der Waals surface area contributed by atoms with Gasteiger partial charge in [-0.2, -0.15) is 0 Å². The zero-order valence-electron chi connectivity index (χ0n) is 22.4. The Morgan fingerprint density at radius 2 is 1.74 bits per heavy atom. The Kier molecular flexibility index (Phi) is 7.07. The molecule has 0 bridgehead atoms. The third-order valence-corrected chi connectivity index (χ3v) is 8.56. The van der Waals surface area contributed by atoms with E-state index in [0.29, 0.717) is 33.6 Å². The van der Waals surface area contributed by atoms with Crippen LogP contribution in [0.4, 0.5) is 10.1 Å². The summed E-state index contributed by atoms with van der Waals surface area (Å²) in [6.45, 7) is 1.54. The molecule has 42 heavy (non-hydrogen) atoms. The Hall–Kier alpha value is -4.48. The smallest absolute Gasteiger partial charge is 0.255 e. The lowest BCUT2D eigenvalue weighted by Gasteiger charge is -2.13. The zero-order chi connectivity index (χ0) is 29.6. The average molecular weight is 649 g/mol. The fourth-order valence-corrected chi connectivity index (χ4v) is 5.75. The predicted molar refractivity (Wildman–Crippen MR) is 164 cm³/mol. The van der Waals surface area contributed by atoms with Crippen molar-refractivity contribution in [3.8, 4) is 33.8 Å². The second-order valence-electron chi connectivity index (χ2n) is 9.53. The van der Waals surface area contributed by atoms with Crippen LogP contribution in [0.15, 0.2) is 92.3 Å². The molecule has 0 spiro atoms. The minimum Gasteiger partial charge on any atom is -0.455 e. The summed E-state index contributed by atoms with van der Waals surface area (Å²) >= 11 is 3.43. The van der Waals surface area contributed by atoms with Gasteiger partial charge in [-0.3, -0.25) is 9.52 Å². The van der Waals surface area contributed by atoms with Crippen molar-refractivity contribution in [3.63, 3.8) is 0 Å². The van der Waals surface area contributed by atoms with Crippen molar-refractivity contribution in [2.45, 2.75) is 6.92 Å². The summed E-state index contributed by atoms with van der Waals surface area (Å²) in [4.78, 5) is 17.4. The van der Waals surface area contributed by atoms with E-state index < -0.39 is 21.7 Å². The van der Waals surface area contributed by atoms with Crippen LogP contribution >= 0.6 is 15.9 Å². The van der Waals surface area contributed by atoms with Gasteiger partial charge >= 0.3 is 0 Å². The molecular formula is C31H23BrFN3O5S. The van der Waals surface area contributed by atoms with Gasteiger partial charge in [0.2, 0.25) is 15.7 Å². The van der Waals surface area contributed by atoms with Gasteiger partial charge in [0, 0.05) is 51.2 Å². The van der Waals surface area contributed by atoms with E-state index >= 15 is 0 Å². The molecule has 0 radical (unpaired) electrons. The van der Waals surface area contributed by atoms with Crippen molar-refractivity contribution in [1.82, 2.24) is 10.3 Å². The normalized spacial score (nSPS) is 11.7. The third kappa shape index (κ3) is 5.17. The van der Waals surface area contributed by atoms with Crippen molar-refractivity contribution in [3.05, 3.63) is 94.8 Å². The van der Waals surface area contributed by atoms with E-state index in [1.807, 2.05) is 36.4 Å². The Bertz CT molecular complexity index is 2100. The number of hydrogen-bond donors (Lipinski definition) is 2. The minimum absolute atomic E-state index is 0.144. The number of furan rings is 2. The molecule has 212 valence electrons. The highest BCUT2D eigenvalue weighted by Crippen LogP contribution is 2.41. The number of nitrogens with one attached hydrogen (secondary N) is 2. The van der Waals surface area contributed by atoms with Gasteiger partial charge in [0.1, 0.15) is 22.9 Å². The van der Waals surface area contributed by atoms with E-state index in [1.165, 1.54) is 31.3 Å². The molecule has 0 fully saturated rings. The van der Waals surface area contributed by atoms with Crippen LogP contribution in [0.3, 0.4) is 0 Å². The van der Waals surface area contributed by atoms with Gasteiger partial charge < -0.3 is 14.2 Å². The van der Waals surface area contributed by atoms with E-state index in [0.717, 1.165) is 15.4 Å². The van der Waals surface area contributed by atoms with Crippen LogP contribution in [0.1, 0.15) is 17.3 Å². The summed E-state index contributed by atoms with van der Waals surface area (Å²) in [5.74, 6) is -0.157. The number of carbonyl (C=O) groups excluding carboxylic acids is 1. The molecule has 0 aliphatic heterocycles. The minimum atomic E-state index is -3.68. The van der Waals surface area contributed by atoms with Crippen LogP contribution in [0, 0.1) is 5.82 Å². The standard InChI is InChI=1S/C31H23BrFN3O5S/c1-3-42(38,39)36-25-15-27-24(28(30(37)34-2)29(40-27)17-7-9-22(33)10-8-17)14-23(25)18-5-4-6-19(11-18)26-13-20-12-21(32)16-35-31(20)41-26/h4-16,36H,3H2,1-2H3,(H,34,37). The van der Waals surface area contributed by atoms with Crippen LogP contribution < -0.4 is 10.0 Å². The molecule has 3 aromatic heterocycles. The number of rotatable bonds is 7. The Morgan fingerprint density at radius 3 is 2.48 bits per heavy atom. The highest BCUT2D eigenvalue weighted by atomic mass is 79.9. The molecule has 6 aromatic rings. The summed E-state index contributed by atoms with van der Waals surface area (Å²) < 4.78 is 54.7. The average Bonchev–Trinajstić information content (AvgIpc) is 3.57. The van der Waals surface area contributed by atoms with Gasteiger partial charge in [-0.15, -0.1) is 0 Å². The Labute approximate surface area is 248 Å². The fraction of sp³-hybridized carbons (Fsp3) is 0.0968. The number of pyridine rings is 1. The molecule has 8 nitrogen and oxygen atoms in total. The lowest BCUT2D eigenvalue weighted by molar-refractivity contribution is 0.0964. The third-order valence-electron chi connectivity index (χ3n) is 6.83.